The molecule has 6 atom stereocenters. The van der Waals surface area contributed by atoms with Gasteiger partial charge >= 0.3 is 0 Å². The molecule has 0 radical (unpaired) electrons. The van der Waals surface area contributed by atoms with Gasteiger partial charge in [-0.15, -0.1) is 0 Å². The zero-order valence-electron chi connectivity index (χ0n) is 21.7. The molecule has 2 aromatic rings. The number of aromatic nitrogens is 2. The van der Waals surface area contributed by atoms with E-state index in [1.165, 1.54) is 51.5 Å². The maximum atomic E-state index is 13.3. The monoisotopic (exact) mass is 489 g/mol. The van der Waals surface area contributed by atoms with E-state index in [1.54, 1.807) is 15.5 Å². The molecule has 0 aromatic carbocycles. The van der Waals surface area contributed by atoms with E-state index in [2.05, 4.69) is 22.2 Å². The molecule has 7 heteroatoms. The van der Waals surface area contributed by atoms with E-state index in [-0.39, 0.29) is 11.8 Å². The first-order valence-corrected chi connectivity index (χ1v) is 14.1. The summed E-state index contributed by atoms with van der Waals surface area (Å²) in [6.45, 7) is 3.79. The molecule has 36 heavy (non-hydrogen) atoms. The second-order valence-corrected chi connectivity index (χ2v) is 13.1. The van der Waals surface area contributed by atoms with Crippen LogP contribution in [0.2, 0.25) is 0 Å². The Labute approximate surface area is 213 Å². The summed E-state index contributed by atoms with van der Waals surface area (Å²) in [5.41, 5.74) is 2.58. The SMILES string of the molecule is CN1CCCC(CCN(C)C(=O)c2cn3c(C(=O)NCC45CC6CC6C6(CC6C4)C5)cccc3n2)C1. The Morgan fingerprint density at radius 1 is 1.25 bits per heavy atom. The van der Waals surface area contributed by atoms with Crippen LogP contribution in [0.25, 0.3) is 5.65 Å². The summed E-state index contributed by atoms with van der Waals surface area (Å²) >= 11 is 0. The second kappa shape index (κ2) is 8.04. The van der Waals surface area contributed by atoms with Crippen LogP contribution >= 0.6 is 0 Å². The van der Waals surface area contributed by atoms with Crippen molar-refractivity contribution in [3.05, 3.63) is 35.8 Å². The molecule has 1 spiro atoms. The van der Waals surface area contributed by atoms with E-state index in [0.717, 1.165) is 43.8 Å². The zero-order valence-corrected chi connectivity index (χ0v) is 21.7. The van der Waals surface area contributed by atoms with Gasteiger partial charge in [0.25, 0.3) is 11.8 Å². The molecular formula is C29H39N5O2. The lowest BCUT2D eigenvalue weighted by molar-refractivity contribution is 0.0772. The minimum absolute atomic E-state index is 0.0614. The van der Waals surface area contributed by atoms with E-state index in [0.29, 0.717) is 33.8 Å². The van der Waals surface area contributed by atoms with Crippen LogP contribution in [0.1, 0.15) is 72.3 Å². The Morgan fingerprint density at radius 3 is 3.00 bits per heavy atom. The normalized spacial score (nSPS) is 36.3. The topological polar surface area (TPSA) is 70.0 Å². The molecule has 2 bridgehead atoms. The molecule has 4 saturated carbocycles. The van der Waals surface area contributed by atoms with Gasteiger partial charge < -0.3 is 15.1 Å². The third-order valence-electron chi connectivity index (χ3n) is 10.5. The average molecular weight is 490 g/mol. The Morgan fingerprint density at radius 2 is 2.14 bits per heavy atom. The summed E-state index contributed by atoms with van der Waals surface area (Å²) in [5.74, 6) is 3.36. The van der Waals surface area contributed by atoms with E-state index in [4.69, 9.17) is 0 Å². The lowest BCUT2D eigenvalue weighted by atomic mass is 9.71. The first-order valence-electron chi connectivity index (χ1n) is 14.1. The summed E-state index contributed by atoms with van der Waals surface area (Å²) in [4.78, 5) is 35.2. The summed E-state index contributed by atoms with van der Waals surface area (Å²) in [5, 5.41) is 3.29. The van der Waals surface area contributed by atoms with Crippen molar-refractivity contribution in [2.24, 2.45) is 34.5 Å². The predicted molar refractivity (Wildman–Crippen MR) is 138 cm³/mol. The Bertz CT molecular complexity index is 1220. The third kappa shape index (κ3) is 3.68. The van der Waals surface area contributed by atoms with Gasteiger partial charge in [-0.3, -0.25) is 14.0 Å². The maximum absolute atomic E-state index is 13.3. The highest BCUT2D eigenvalue weighted by molar-refractivity contribution is 5.95. The average Bonchev–Trinajstić information content (AvgIpc) is 3.70. The fraction of sp³-hybridized carbons (Fsp3) is 0.690. The molecule has 2 aromatic heterocycles. The minimum atomic E-state index is -0.0789. The van der Waals surface area contributed by atoms with Crippen molar-refractivity contribution in [3.8, 4) is 0 Å². The van der Waals surface area contributed by atoms with E-state index in [9.17, 15) is 9.59 Å². The van der Waals surface area contributed by atoms with Crippen molar-refractivity contribution >= 4 is 17.5 Å². The molecule has 2 amide bonds. The smallest absolute Gasteiger partial charge is 0.273 e. The van der Waals surface area contributed by atoms with Crippen LogP contribution in [0.5, 0.6) is 0 Å². The zero-order chi connectivity index (χ0) is 24.7. The van der Waals surface area contributed by atoms with E-state index < -0.39 is 0 Å². The highest BCUT2D eigenvalue weighted by Crippen LogP contribution is 2.83. The number of imidazole rings is 1. The van der Waals surface area contributed by atoms with Gasteiger partial charge in [0.05, 0.1) is 0 Å². The largest absolute Gasteiger partial charge is 0.350 e. The molecule has 1 aliphatic heterocycles. The van der Waals surface area contributed by atoms with Crippen molar-refractivity contribution in [1.82, 2.24) is 24.5 Å². The molecule has 5 fully saturated rings. The number of nitrogens with zero attached hydrogens (tertiary/aromatic N) is 4. The molecule has 7 nitrogen and oxygen atoms in total. The molecular weight excluding hydrogens is 450 g/mol. The lowest BCUT2D eigenvalue weighted by Crippen LogP contribution is -2.40. The molecule has 7 rings (SSSR count). The van der Waals surface area contributed by atoms with Gasteiger partial charge in [-0.1, -0.05) is 6.07 Å². The van der Waals surface area contributed by atoms with Gasteiger partial charge in [0.15, 0.2) is 0 Å². The lowest BCUT2D eigenvalue weighted by Gasteiger charge is -2.36. The summed E-state index contributed by atoms with van der Waals surface area (Å²) < 4.78 is 1.79. The van der Waals surface area contributed by atoms with Crippen LogP contribution in [0.15, 0.2) is 24.4 Å². The van der Waals surface area contributed by atoms with Gasteiger partial charge in [-0.2, -0.15) is 0 Å². The number of rotatable bonds is 7. The standard InChI is InChI=1S/C29H39N5O2/c1-32-9-4-5-19(15-32)8-10-33(2)27(36)23-16-34-24(6-3-7-25(34)31-23)26(35)30-18-28-12-20-11-22(20)29(17-28)14-21(29)13-28/h3,6-7,16,19-22H,4-5,8-15,17-18H2,1-2H3,(H,30,35). The van der Waals surface area contributed by atoms with Crippen molar-refractivity contribution in [3.63, 3.8) is 0 Å². The van der Waals surface area contributed by atoms with Crippen LogP contribution in [0, 0.1) is 34.5 Å². The molecule has 5 aliphatic rings. The molecule has 192 valence electrons. The first kappa shape index (κ1) is 22.8. The molecule has 1 saturated heterocycles. The third-order valence-corrected chi connectivity index (χ3v) is 10.5. The number of amides is 2. The number of piperidine rings is 1. The Balaban J connectivity index is 1.01. The maximum Gasteiger partial charge on any atom is 0.273 e. The molecule has 6 unspecified atom stereocenters. The van der Waals surface area contributed by atoms with Crippen LogP contribution in [0.3, 0.4) is 0 Å². The van der Waals surface area contributed by atoms with Crippen molar-refractivity contribution in [2.45, 2.75) is 51.4 Å². The van der Waals surface area contributed by atoms with Crippen LogP contribution in [-0.2, 0) is 0 Å². The van der Waals surface area contributed by atoms with Crippen LogP contribution in [0.4, 0.5) is 0 Å². The van der Waals surface area contributed by atoms with Gasteiger partial charge in [0.2, 0.25) is 0 Å². The highest BCUT2D eigenvalue weighted by Gasteiger charge is 2.76. The highest BCUT2D eigenvalue weighted by atomic mass is 16.2. The Kier molecular flexibility index (Phi) is 5.09. The minimum Gasteiger partial charge on any atom is -0.350 e. The van der Waals surface area contributed by atoms with Crippen molar-refractivity contribution in [2.75, 3.05) is 40.3 Å². The summed E-state index contributed by atoms with van der Waals surface area (Å²) in [7, 11) is 4.04. The van der Waals surface area contributed by atoms with E-state index >= 15 is 0 Å². The molecule has 4 aliphatic carbocycles. The van der Waals surface area contributed by atoms with Crippen LogP contribution in [-0.4, -0.2) is 71.3 Å². The van der Waals surface area contributed by atoms with Gasteiger partial charge in [-0.25, -0.2) is 4.98 Å². The number of carbonyl (C=O) groups excluding carboxylic acids is 2. The van der Waals surface area contributed by atoms with Crippen molar-refractivity contribution in [1.29, 1.82) is 0 Å². The van der Waals surface area contributed by atoms with Gasteiger partial charge in [-0.05, 0) is 112 Å². The molecule has 3 heterocycles. The van der Waals surface area contributed by atoms with Gasteiger partial charge in [0.1, 0.15) is 17.0 Å². The van der Waals surface area contributed by atoms with Crippen molar-refractivity contribution < 1.29 is 9.59 Å². The van der Waals surface area contributed by atoms with E-state index in [1.807, 2.05) is 25.2 Å². The number of likely N-dealkylation sites (tertiary alicyclic amines) is 1. The van der Waals surface area contributed by atoms with Gasteiger partial charge in [0, 0.05) is 32.9 Å². The second-order valence-electron chi connectivity index (χ2n) is 13.1. The fourth-order valence-corrected chi connectivity index (χ4v) is 8.71. The number of nitrogens with one attached hydrogen (secondary N) is 1. The Hall–Kier alpha value is -2.41. The number of pyridine rings is 1. The number of fused-ring (bicyclic) bond motifs is 3. The number of hydrogen-bond acceptors (Lipinski definition) is 4. The summed E-state index contributed by atoms with van der Waals surface area (Å²) in [6, 6.07) is 5.57. The first-order chi connectivity index (χ1) is 17.4. The number of carbonyl (C=O) groups is 2. The van der Waals surface area contributed by atoms with Crippen LogP contribution < -0.4 is 5.32 Å². The fourth-order valence-electron chi connectivity index (χ4n) is 8.71. The predicted octanol–water partition coefficient (Wildman–Crippen LogP) is 3.69. The summed E-state index contributed by atoms with van der Waals surface area (Å²) in [6.07, 6.45) is 12.0. The number of hydrogen-bond donors (Lipinski definition) is 1. The quantitative estimate of drug-likeness (QED) is 0.644. The molecule has 1 N–H and O–H groups in total.